The molecule has 0 aliphatic heterocycles. The summed E-state index contributed by atoms with van der Waals surface area (Å²) in [5.74, 6) is 0. The smallest absolute Gasteiger partial charge is 0.231 e. The van der Waals surface area contributed by atoms with E-state index in [0.717, 1.165) is 21.2 Å². The van der Waals surface area contributed by atoms with Crippen molar-refractivity contribution in [2.24, 2.45) is 0 Å². The van der Waals surface area contributed by atoms with Crippen molar-refractivity contribution in [1.29, 1.82) is 0 Å². The molecular formula is C15H10ClNO. The van der Waals surface area contributed by atoms with Gasteiger partial charge in [0.05, 0.1) is 5.56 Å². The van der Waals surface area contributed by atoms with Gasteiger partial charge in [-0.3, -0.25) is 0 Å². The number of benzene rings is 2. The second kappa shape index (κ2) is 4.31. The van der Waals surface area contributed by atoms with E-state index < -0.39 is 0 Å². The van der Waals surface area contributed by atoms with E-state index in [0.29, 0.717) is 10.5 Å². The van der Waals surface area contributed by atoms with Gasteiger partial charge in [0, 0.05) is 16.5 Å². The molecule has 0 atom stereocenters. The highest BCUT2D eigenvalue weighted by atomic mass is 35.5. The lowest BCUT2D eigenvalue weighted by atomic mass is 10.0. The van der Waals surface area contributed by atoms with E-state index in [9.17, 15) is 5.21 Å². The maximum Gasteiger partial charge on any atom is 0.231 e. The van der Waals surface area contributed by atoms with Crippen molar-refractivity contribution in [3.8, 4) is 11.1 Å². The lowest BCUT2D eigenvalue weighted by molar-refractivity contribution is -0.576. The van der Waals surface area contributed by atoms with E-state index in [1.807, 2.05) is 42.5 Å². The number of aromatic nitrogens is 1. The van der Waals surface area contributed by atoms with E-state index in [-0.39, 0.29) is 0 Å². The number of fused-ring (bicyclic) bond motifs is 1. The third-order valence-electron chi connectivity index (χ3n) is 2.91. The number of hydrogen-bond donors (Lipinski definition) is 0. The molecule has 0 bridgehead atoms. The second-order valence-corrected chi connectivity index (χ2v) is 4.53. The Kier molecular flexibility index (Phi) is 2.65. The average Bonchev–Trinajstić information content (AvgIpc) is 2.39. The summed E-state index contributed by atoms with van der Waals surface area (Å²) in [6.07, 6.45) is 1.50. The van der Waals surface area contributed by atoms with Crippen molar-refractivity contribution in [3.05, 3.63) is 71.0 Å². The fourth-order valence-electron chi connectivity index (χ4n) is 2.13. The average molecular weight is 256 g/mol. The van der Waals surface area contributed by atoms with Crippen LogP contribution in [-0.2, 0) is 0 Å². The Labute approximate surface area is 110 Å². The lowest BCUT2D eigenvalue weighted by Gasteiger charge is -2.08. The van der Waals surface area contributed by atoms with Crippen LogP contribution in [-0.4, -0.2) is 0 Å². The van der Waals surface area contributed by atoms with Crippen molar-refractivity contribution in [2.75, 3.05) is 0 Å². The molecule has 88 valence electrons. The summed E-state index contributed by atoms with van der Waals surface area (Å²) in [7, 11) is 0. The van der Waals surface area contributed by atoms with E-state index in [1.54, 1.807) is 12.1 Å². The van der Waals surface area contributed by atoms with Crippen LogP contribution in [0.25, 0.3) is 22.0 Å². The van der Waals surface area contributed by atoms with Crippen LogP contribution in [0.2, 0.25) is 5.02 Å². The third kappa shape index (κ3) is 1.81. The van der Waals surface area contributed by atoms with Gasteiger partial charge < -0.3 is 5.21 Å². The largest absolute Gasteiger partial charge is 0.618 e. The minimum absolute atomic E-state index is 0.632. The summed E-state index contributed by atoms with van der Waals surface area (Å²) < 4.78 is 0.883. The summed E-state index contributed by atoms with van der Waals surface area (Å²) in [6.45, 7) is 0. The fourth-order valence-corrected chi connectivity index (χ4v) is 2.36. The fraction of sp³-hybridized carbons (Fsp3) is 0. The number of rotatable bonds is 1. The normalized spacial score (nSPS) is 10.7. The third-order valence-corrected chi connectivity index (χ3v) is 3.12. The molecular weight excluding hydrogens is 246 g/mol. The molecule has 0 fully saturated rings. The van der Waals surface area contributed by atoms with Gasteiger partial charge in [-0.1, -0.05) is 41.9 Å². The summed E-state index contributed by atoms with van der Waals surface area (Å²) in [6, 6.07) is 17.0. The van der Waals surface area contributed by atoms with Crippen molar-refractivity contribution in [3.63, 3.8) is 0 Å². The topological polar surface area (TPSA) is 26.9 Å². The van der Waals surface area contributed by atoms with Crippen LogP contribution in [0.15, 0.2) is 60.8 Å². The van der Waals surface area contributed by atoms with E-state index >= 15 is 0 Å². The molecule has 1 aromatic heterocycles. The minimum Gasteiger partial charge on any atom is -0.618 e. The molecule has 2 nitrogen and oxygen atoms in total. The standard InChI is InChI=1S/C15H10ClNO/c16-13-9-12-7-4-8-17(18)15(12)14(10-13)11-5-2-1-3-6-11/h1-10H. The molecule has 0 N–H and O–H groups in total. The van der Waals surface area contributed by atoms with Crippen LogP contribution in [0, 0.1) is 5.21 Å². The molecule has 3 heteroatoms. The maximum absolute atomic E-state index is 12.0. The first kappa shape index (κ1) is 11.1. The van der Waals surface area contributed by atoms with Crippen LogP contribution in [0.1, 0.15) is 0 Å². The van der Waals surface area contributed by atoms with Crippen molar-refractivity contribution >= 4 is 22.5 Å². The monoisotopic (exact) mass is 255 g/mol. The quantitative estimate of drug-likeness (QED) is 0.480. The molecule has 0 unspecified atom stereocenters. The van der Waals surface area contributed by atoms with E-state index in [1.165, 1.54) is 6.20 Å². The first-order chi connectivity index (χ1) is 8.75. The summed E-state index contributed by atoms with van der Waals surface area (Å²) in [5.41, 5.74) is 2.49. The highest BCUT2D eigenvalue weighted by Crippen LogP contribution is 2.29. The summed E-state index contributed by atoms with van der Waals surface area (Å²) in [4.78, 5) is 0. The highest BCUT2D eigenvalue weighted by Gasteiger charge is 2.12. The van der Waals surface area contributed by atoms with Gasteiger partial charge >= 0.3 is 0 Å². The summed E-state index contributed by atoms with van der Waals surface area (Å²) >= 11 is 6.11. The highest BCUT2D eigenvalue weighted by molar-refractivity contribution is 6.31. The first-order valence-electron chi connectivity index (χ1n) is 5.62. The van der Waals surface area contributed by atoms with Crippen LogP contribution in [0.4, 0.5) is 0 Å². The Morgan fingerprint density at radius 1 is 0.944 bits per heavy atom. The molecule has 0 saturated carbocycles. The Hall–Kier alpha value is -2.06. The molecule has 0 spiro atoms. The van der Waals surface area contributed by atoms with Crippen LogP contribution < -0.4 is 4.73 Å². The molecule has 0 saturated heterocycles. The Morgan fingerprint density at radius 3 is 2.50 bits per heavy atom. The molecule has 3 aromatic rings. The Balaban J connectivity index is 2.41. The van der Waals surface area contributed by atoms with Gasteiger partial charge in [0.15, 0.2) is 6.20 Å². The van der Waals surface area contributed by atoms with Gasteiger partial charge in [0.1, 0.15) is 0 Å². The zero-order valence-electron chi connectivity index (χ0n) is 9.51. The predicted molar refractivity (Wildman–Crippen MR) is 73.4 cm³/mol. The zero-order valence-corrected chi connectivity index (χ0v) is 10.3. The second-order valence-electron chi connectivity index (χ2n) is 4.09. The Bertz CT molecular complexity index is 710. The van der Waals surface area contributed by atoms with Crippen molar-refractivity contribution in [1.82, 2.24) is 0 Å². The molecule has 0 aliphatic carbocycles. The zero-order chi connectivity index (χ0) is 12.5. The van der Waals surface area contributed by atoms with Crippen molar-refractivity contribution in [2.45, 2.75) is 0 Å². The van der Waals surface area contributed by atoms with E-state index in [2.05, 4.69) is 0 Å². The maximum atomic E-state index is 12.0. The van der Waals surface area contributed by atoms with Gasteiger partial charge in [0.25, 0.3) is 0 Å². The SMILES string of the molecule is [O-][n+]1cccc2cc(Cl)cc(-c3ccccc3)c21. The number of pyridine rings is 1. The van der Waals surface area contributed by atoms with Gasteiger partial charge in [-0.2, -0.15) is 4.73 Å². The molecule has 2 aromatic carbocycles. The van der Waals surface area contributed by atoms with Crippen LogP contribution in [0.3, 0.4) is 0 Å². The molecule has 0 amide bonds. The Morgan fingerprint density at radius 2 is 1.72 bits per heavy atom. The summed E-state index contributed by atoms with van der Waals surface area (Å²) in [5, 5.41) is 13.4. The number of nitrogens with zero attached hydrogens (tertiary/aromatic N) is 1. The van der Waals surface area contributed by atoms with Crippen LogP contribution in [0.5, 0.6) is 0 Å². The van der Waals surface area contributed by atoms with Gasteiger partial charge in [-0.15, -0.1) is 0 Å². The van der Waals surface area contributed by atoms with Crippen molar-refractivity contribution < 1.29 is 4.73 Å². The van der Waals surface area contributed by atoms with Gasteiger partial charge in [-0.25, -0.2) is 0 Å². The molecule has 18 heavy (non-hydrogen) atoms. The molecule has 1 heterocycles. The molecule has 0 aliphatic rings. The first-order valence-corrected chi connectivity index (χ1v) is 6.00. The van der Waals surface area contributed by atoms with Crippen LogP contribution >= 0.6 is 11.6 Å². The molecule has 0 radical (unpaired) electrons. The van der Waals surface area contributed by atoms with Gasteiger partial charge in [-0.05, 0) is 23.8 Å². The van der Waals surface area contributed by atoms with Gasteiger partial charge in [0.2, 0.25) is 5.52 Å². The number of hydrogen-bond acceptors (Lipinski definition) is 1. The molecule has 3 rings (SSSR count). The van der Waals surface area contributed by atoms with E-state index in [4.69, 9.17) is 11.6 Å². The minimum atomic E-state index is 0.632. The predicted octanol–water partition coefficient (Wildman–Crippen LogP) is 3.79. The number of halogens is 1. The lowest BCUT2D eigenvalue weighted by Crippen LogP contribution is -2.26.